The van der Waals surface area contributed by atoms with Crippen LogP contribution in [-0.2, 0) is 11.3 Å². The van der Waals surface area contributed by atoms with Crippen LogP contribution in [0.5, 0.6) is 0 Å². The molecule has 1 unspecified atom stereocenters. The lowest BCUT2D eigenvalue weighted by Gasteiger charge is -2.22. The van der Waals surface area contributed by atoms with Crippen molar-refractivity contribution in [3.05, 3.63) is 130 Å². The number of nitrogens with one attached hydrogen (secondary N) is 1. The minimum absolute atomic E-state index is 0.0574. The van der Waals surface area contributed by atoms with E-state index in [-0.39, 0.29) is 29.8 Å². The minimum Gasteiger partial charge on any atom is -0.345 e. The van der Waals surface area contributed by atoms with Gasteiger partial charge in [0.15, 0.2) is 11.0 Å². The van der Waals surface area contributed by atoms with Crippen LogP contribution in [0.15, 0.2) is 107 Å². The van der Waals surface area contributed by atoms with Gasteiger partial charge in [-0.05, 0) is 54.3 Å². The van der Waals surface area contributed by atoms with Crippen LogP contribution in [0, 0.1) is 12.7 Å². The van der Waals surface area contributed by atoms with E-state index in [0.29, 0.717) is 17.4 Å². The number of carbonyl (C=O) groups excluding carboxylic acids is 2. The summed E-state index contributed by atoms with van der Waals surface area (Å²) in [5, 5.41) is 20.3. The summed E-state index contributed by atoms with van der Waals surface area (Å²) >= 11 is 2.87. The Labute approximate surface area is 256 Å². The molecule has 3 aromatic carbocycles. The van der Waals surface area contributed by atoms with Crippen molar-refractivity contribution in [2.75, 3.05) is 5.75 Å². The number of halogens is 1. The number of amides is 2. The topological polar surface area (TPSA) is 92.5 Å². The molecule has 0 spiro atoms. The van der Waals surface area contributed by atoms with Crippen LogP contribution in [0.1, 0.15) is 44.6 Å². The zero-order chi connectivity index (χ0) is 29.8. The van der Waals surface area contributed by atoms with Gasteiger partial charge in [-0.3, -0.25) is 14.2 Å². The molecular formula is C32H27FN6O2S2. The molecule has 2 aromatic heterocycles. The van der Waals surface area contributed by atoms with Crippen molar-refractivity contribution in [2.45, 2.75) is 31.1 Å². The van der Waals surface area contributed by atoms with Crippen LogP contribution >= 0.6 is 23.1 Å². The maximum atomic E-state index is 13.7. The van der Waals surface area contributed by atoms with E-state index in [1.165, 1.54) is 30.0 Å². The second-order valence-corrected chi connectivity index (χ2v) is 11.8. The number of hydrogen-bond donors (Lipinski definition) is 1. The molecule has 0 saturated heterocycles. The standard InChI is InChI=1S/C32H27FN6O2S2/c1-21-12-14-22(15-13-21)27-18-26(28-11-6-16-42-28)37-39(27)30(40)20-43-32-36-35-29(38(32)25-9-3-2-4-10-25)19-34-31(41)23-7-5-8-24(33)17-23/h2-17,27H,18-20H2,1H3,(H,34,41). The number of aryl methyl sites for hydroxylation is 1. The molecule has 5 aromatic rings. The summed E-state index contributed by atoms with van der Waals surface area (Å²) in [4.78, 5) is 27.4. The number of benzene rings is 3. The lowest BCUT2D eigenvalue weighted by molar-refractivity contribution is -0.130. The quantitative estimate of drug-likeness (QED) is 0.201. The van der Waals surface area contributed by atoms with Gasteiger partial charge >= 0.3 is 0 Å². The van der Waals surface area contributed by atoms with Crippen LogP contribution in [0.3, 0.4) is 0 Å². The van der Waals surface area contributed by atoms with Crippen LogP contribution < -0.4 is 5.32 Å². The first-order chi connectivity index (χ1) is 21.0. The number of thiophene rings is 1. The Bertz CT molecular complexity index is 1770. The lowest BCUT2D eigenvalue weighted by atomic mass is 10.00. The number of rotatable bonds is 9. The van der Waals surface area contributed by atoms with Gasteiger partial charge in [0.05, 0.1) is 28.9 Å². The molecule has 11 heteroatoms. The smallest absolute Gasteiger partial charge is 0.253 e. The first-order valence-corrected chi connectivity index (χ1v) is 15.5. The Morgan fingerprint density at radius 2 is 1.81 bits per heavy atom. The molecule has 6 rings (SSSR count). The fourth-order valence-electron chi connectivity index (χ4n) is 4.81. The number of nitrogens with zero attached hydrogens (tertiary/aromatic N) is 5. The summed E-state index contributed by atoms with van der Waals surface area (Å²) in [6.07, 6.45) is 0.634. The molecule has 1 atom stereocenters. The van der Waals surface area contributed by atoms with E-state index in [1.54, 1.807) is 22.4 Å². The minimum atomic E-state index is -0.488. The maximum absolute atomic E-state index is 13.7. The molecule has 1 N–H and O–H groups in total. The Hall–Kier alpha value is -4.61. The van der Waals surface area contributed by atoms with Crippen LogP contribution in [0.4, 0.5) is 4.39 Å². The maximum Gasteiger partial charge on any atom is 0.253 e. The van der Waals surface area contributed by atoms with Gasteiger partial charge in [-0.1, -0.05) is 71.9 Å². The Balaban J connectivity index is 1.22. The van der Waals surface area contributed by atoms with Crippen molar-refractivity contribution in [3.63, 3.8) is 0 Å². The third-order valence-electron chi connectivity index (χ3n) is 6.97. The molecule has 0 fully saturated rings. The average molecular weight is 611 g/mol. The highest BCUT2D eigenvalue weighted by molar-refractivity contribution is 7.99. The average Bonchev–Trinajstić information content (AvgIpc) is 3.80. The molecule has 2 amide bonds. The summed E-state index contributed by atoms with van der Waals surface area (Å²) in [5.74, 6) is -0.502. The highest BCUT2D eigenvalue weighted by Crippen LogP contribution is 2.35. The second-order valence-electron chi connectivity index (χ2n) is 9.94. The van der Waals surface area contributed by atoms with Crippen LogP contribution in [0.2, 0.25) is 0 Å². The Kier molecular flexibility index (Phi) is 8.43. The predicted octanol–water partition coefficient (Wildman–Crippen LogP) is 6.18. The molecule has 3 heterocycles. The molecule has 1 aliphatic rings. The monoisotopic (exact) mass is 610 g/mol. The van der Waals surface area contributed by atoms with Crippen molar-refractivity contribution >= 4 is 40.6 Å². The largest absolute Gasteiger partial charge is 0.345 e. The van der Waals surface area contributed by atoms with Gasteiger partial charge in [0.1, 0.15) is 5.82 Å². The number of thioether (sulfide) groups is 1. The van der Waals surface area contributed by atoms with Gasteiger partial charge < -0.3 is 5.32 Å². The Morgan fingerprint density at radius 1 is 1.00 bits per heavy atom. The third kappa shape index (κ3) is 6.42. The van der Waals surface area contributed by atoms with Crippen molar-refractivity contribution in [1.29, 1.82) is 0 Å². The summed E-state index contributed by atoms with van der Waals surface area (Å²) in [5.41, 5.74) is 4.07. The van der Waals surface area contributed by atoms with E-state index in [1.807, 2.05) is 71.5 Å². The van der Waals surface area contributed by atoms with E-state index < -0.39 is 11.7 Å². The highest BCUT2D eigenvalue weighted by atomic mass is 32.2. The molecular weight excluding hydrogens is 584 g/mol. The first-order valence-electron chi connectivity index (χ1n) is 13.6. The van der Waals surface area contributed by atoms with Gasteiger partial charge in [-0.2, -0.15) is 5.10 Å². The zero-order valence-electron chi connectivity index (χ0n) is 23.2. The molecule has 0 radical (unpaired) electrons. The van der Waals surface area contributed by atoms with Crippen LogP contribution in [-0.4, -0.2) is 43.1 Å². The Morgan fingerprint density at radius 3 is 2.56 bits per heavy atom. The van der Waals surface area contributed by atoms with Gasteiger partial charge in [0.25, 0.3) is 11.8 Å². The SMILES string of the molecule is Cc1ccc(C2CC(c3cccs3)=NN2C(=O)CSc2nnc(CNC(=O)c3cccc(F)c3)n2-c2ccccc2)cc1. The normalized spacial score (nSPS) is 14.5. The van der Waals surface area contributed by atoms with Crippen molar-refractivity contribution in [2.24, 2.45) is 5.10 Å². The fraction of sp³-hybridized carbons (Fsp3) is 0.156. The zero-order valence-corrected chi connectivity index (χ0v) is 24.8. The molecule has 43 heavy (non-hydrogen) atoms. The summed E-state index contributed by atoms with van der Waals surface area (Å²) in [7, 11) is 0. The van der Waals surface area contributed by atoms with E-state index in [4.69, 9.17) is 5.10 Å². The predicted molar refractivity (Wildman–Crippen MR) is 166 cm³/mol. The molecule has 0 saturated carbocycles. The number of hydrazone groups is 1. The van der Waals surface area contributed by atoms with Gasteiger partial charge in [0.2, 0.25) is 0 Å². The molecule has 8 nitrogen and oxygen atoms in total. The second kappa shape index (κ2) is 12.7. The third-order valence-corrected chi connectivity index (χ3v) is 8.80. The van der Waals surface area contributed by atoms with E-state index in [0.717, 1.165) is 27.4 Å². The van der Waals surface area contributed by atoms with Gasteiger partial charge in [-0.25, -0.2) is 9.40 Å². The van der Waals surface area contributed by atoms with E-state index >= 15 is 0 Å². The van der Waals surface area contributed by atoms with Gasteiger partial charge in [0, 0.05) is 17.7 Å². The first kappa shape index (κ1) is 28.5. The summed E-state index contributed by atoms with van der Waals surface area (Å²) in [6.45, 7) is 2.09. The molecule has 1 aliphatic heterocycles. The molecule has 0 bridgehead atoms. The summed E-state index contributed by atoms with van der Waals surface area (Å²) < 4.78 is 15.4. The fourth-order valence-corrected chi connectivity index (χ4v) is 6.35. The molecule has 0 aliphatic carbocycles. The lowest BCUT2D eigenvalue weighted by Crippen LogP contribution is -2.28. The van der Waals surface area contributed by atoms with Crippen molar-refractivity contribution < 1.29 is 14.0 Å². The number of carbonyl (C=O) groups is 2. The highest BCUT2D eigenvalue weighted by Gasteiger charge is 2.33. The number of hydrogen-bond acceptors (Lipinski definition) is 7. The van der Waals surface area contributed by atoms with Crippen molar-refractivity contribution in [1.82, 2.24) is 25.1 Å². The van der Waals surface area contributed by atoms with E-state index in [2.05, 4.69) is 27.6 Å². The van der Waals surface area contributed by atoms with Crippen molar-refractivity contribution in [3.8, 4) is 5.69 Å². The number of para-hydroxylation sites is 1. The molecule has 216 valence electrons. The van der Waals surface area contributed by atoms with Gasteiger partial charge in [-0.15, -0.1) is 21.5 Å². The number of aromatic nitrogens is 3. The van der Waals surface area contributed by atoms with E-state index in [9.17, 15) is 14.0 Å². The van der Waals surface area contributed by atoms with Crippen LogP contribution in [0.25, 0.3) is 5.69 Å². The summed E-state index contributed by atoms with van der Waals surface area (Å²) in [6, 6.07) is 27.0.